The van der Waals surface area contributed by atoms with Gasteiger partial charge in [0.2, 0.25) is 16.3 Å². The molecular weight excluding hydrogens is 219 g/mol. The summed E-state index contributed by atoms with van der Waals surface area (Å²) in [7, 11) is 0. The van der Waals surface area contributed by atoms with E-state index in [1.807, 2.05) is 0 Å². The van der Waals surface area contributed by atoms with Crippen molar-refractivity contribution in [2.75, 3.05) is 0 Å². The van der Waals surface area contributed by atoms with Crippen LogP contribution in [0.3, 0.4) is 0 Å². The molecule has 0 aliphatic rings. The largest absolute Gasteiger partial charge is 0.212 e. The van der Waals surface area contributed by atoms with Gasteiger partial charge in [0, 0.05) is 1.43 Å². The molecule has 0 N–H and O–H groups in total. The maximum absolute atomic E-state index is 2.31. The molecular formula is C16H37Al. The zero-order chi connectivity index (χ0) is 12.8. The summed E-state index contributed by atoms with van der Waals surface area (Å²) in [6, 6.07) is 0. The first-order chi connectivity index (χ1) is 8.35. The molecule has 0 spiro atoms. The summed E-state index contributed by atoms with van der Waals surface area (Å²) in [5.74, 6) is 1.09. The molecule has 0 aromatic heterocycles. The molecule has 1 atom stereocenters. The molecule has 0 rings (SSSR count). The molecule has 1 heteroatoms. The van der Waals surface area contributed by atoms with Gasteiger partial charge in [0.1, 0.15) is 0 Å². The summed E-state index contributed by atoms with van der Waals surface area (Å²) in [6.45, 7) is 4.61. The lowest BCUT2D eigenvalue weighted by Crippen LogP contribution is -2.00. The minimum absolute atomic E-state index is 0. The van der Waals surface area contributed by atoms with E-state index in [4.69, 9.17) is 0 Å². The Balaban J connectivity index is 0. The van der Waals surface area contributed by atoms with E-state index in [0.29, 0.717) is 0 Å². The lowest BCUT2D eigenvalue weighted by molar-refractivity contribution is 0.434. The molecule has 0 radical (unpaired) electrons. The lowest BCUT2D eigenvalue weighted by atomic mass is 9.96. The van der Waals surface area contributed by atoms with Gasteiger partial charge in [-0.1, -0.05) is 102 Å². The Hall–Kier alpha value is 0.532. The second-order valence-corrected chi connectivity index (χ2v) is 6.50. The van der Waals surface area contributed by atoms with Gasteiger partial charge in [-0.2, -0.15) is 0 Å². The molecule has 1 unspecified atom stereocenters. The van der Waals surface area contributed by atoms with Gasteiger partial charge in [-0.3, -0.25) is 0 Å². The molecule has 0 saturated carbocycles. The Morgan fingerprint density at radius 2 is 1.12 bits per heavy atom. The van der Waals surface area contributed by atoms with Gasteiger partial charge >= 0.3 is 0 Å². The van der Waals surface area contributed by atoms with E-state index in [-0.39, 0.29) is 1.43 Å². The highest BCUT2D eigenvalue weighted by Gasteiger charge is 2.05. The Morgan fingerprint density at radius 1 is 0.706 bits per heavy atom. The minimum atomic E-state index is 0. The first-order valence-electron chi connectivity index (χ1n) is 8.35. The number of unbranched alkanes of at least 4 members (excludes halogenated alkanes) is 8. The molecule has 17 heavy (non-hydrogen) atoms. The van der Waals surface area contributed by atoms with E-state index in [9.17, 15) is 0 Å². The van der Waals surface area contributed by atoms with E-state index in [0.717, 1.165) is 5.92 Å². The standard InChI is InChI=1S/C16H33.Al.H2.2H/c1-4-6-8-10-11-13-15-16(3)14-12-9-7-5-2;;;;/h16H,3-15H2,1-2H3;;1H;;. The average Bonchev–Trinajstić information content (AvgIpc) is 2.36. The van der Waals surface area contributed by atoms with Crippen molar-refractivity contribution in [1.29, 1.82) is 0 Å². The normalized spacial score (nSPS) is 12.8. The molecule has 0 saturated heterocycles. The predicted molar refractivity (Wildman–Crippen MR) is 85.7 cm³/mol. The average molecular weight is 256 g/mol. The predicted octanol–water partition coefficient (Wildman–Crippen LogP) is 5.62. The zero-order valence-corrected chi connectivity index (χ0v) is 14.8. The van der Waals surface area contributed by atoms with Crippen LogP contribution in [0.4, 0.5) is 0 Å². The van der Waals surface area contributed by atoms with Gasteiger partial charge in [0.25, 0.3) is 0 Å². The van der Waals surface area contributed by atoms with Crippen molar-refractivity contribution in [2.24, 2.45) is 5.92 Å². The highest BCUT2D eigenvalue weighted by atomic mass is 27.0. The molecule has 0 aromatic rings. The summed E-state index contributed by atoms with van der Waals surface area (Å²) in [5, 5.41) is 1.54. The maximum atomic E-state index is 2.31. The minimum Gasteiger partial charge on any atom is -0.0985 e. The monoisotopic (exact) mass is 256 g/mol. The van der Waals surface area contributed by atoms with E-state index in [1.165, 1.54) is 93.3 Å². The Bertz CT molecular complexity index is 139. The van der Waals surface area contributed by atoms with Crippen molar-refractivity contribution >= 4 is 16.3 Å². The third-order valence-corrected chi connectivity index (χ3v) is 5.16. The van der Waals surface area contributed by atoms with Gasteiger partial charge in [-0.25, -0.2) is 0 Å². The van der Waals surface area contributed by atoms with Crippen LogP contribution in [-0.2, 0) is 0 Å². The summed E-state index contributed by atoms with van der Waals surface area (Å²) in [6.07, 6.45) is 17.6. The van der Waals surface area contributed by atoms with Crippen LogP contribution >= 0.6 is 0 Å². The fraction of sp³-hybridized carbons (Fsp3) is 1.00. The molecule has 0 aliphatic carbocycles. The van der Waals surface area contributed by atoms with Gasteiger partial charge in [0.05, 0.1) is 0 Å². The van der Waals surface area contributed by atoms with Gasteiger partial charge in [-0.15, -0.1) is 0 Å². The topological polar surface area (TPSA) is 0 Å². The first kappa shape index (κ1) is 17.5. The number of rotatable bonds is 13. The van der Waals surface area contributed by atoms with Gasteiger partial charge < -0.3 is 0 Å². The molecule has 0 nitrogen and oxygen atoms in total. The fourth-order valence-corrected chi connectivity index (χ4v) is 3.44. The SMILES string of the molecule is CCCCCCCCC([CH2][AlH2])CCCCCC.[HH]. The Labute approximate surface area is 120 Å². The summed E-state index contributed by atoms with van der Waals surface area (Å²) in [5.41, 5.74) is 0. The summed E-state index contributed by atoms with van der Waals surface area (Å²) >= 11 is 1.41. The highest BCUT2D eigenvalue weighted by molar-refractivity contribution is 6.08. The van der Waals surface area contributed by atoms with Crippen molar-refractivity contribution in [3.8, 4) is 0 Å². The number of hydrogen-bond acceptors (Lipinski definition) is 0. The van der Waals surface area contributed by atoms with Crippen molar-refractivity contribution in [2.45, 2.75) is 96.2 Å². The first-order valence-corrected chi connectivity index (χ1v) is 9.76. The second-order valence-electron chi connectivity index (χ2n) is 5.68. The zero-order valence-electron chi connectivity index (χ0n) is 12.8. The maximum Gasteiger partial charge on any atom is 0.212 e. The summed E-state index contributed by atoms with van der Waals surface area (Å²) in [4.78, 5) is 0. The third kappa shape index (κ3) is 12.8. The van der Waals surface area contributed by atoms with Crippen LogP contribution in [0.25, 0.3) is 0 Å². The van der Waals surface area contributed by atoms with Crippen molar-refractivity contribution in [1.82, 2.24) is 0 Å². The highest BCUT2D eigenvalue weighted by Crippen LogP contribution is 2.20. The molecule has 0 amide bonds. The van der Waals surface area contributed by atoms with Crippen LogP contribution in [0.1, 0.15) is 92.3 Å². The van der Waals surface area contributed by atoms with Crippen molar-refractivity contribution in [3.63, 3.8) is 0 Å². The summed E-state index contributed by atoms with van der Waals surface area (Å²) < 4.78 is 0. The molecule has 0 aliphatic heterocycles. The van der Waals surface area contributed by atoms with Crippen molar-refractivity contribution < 1.29 is 1.43 Å². The number of hydrogen-bond donors (Lipinski definition) is 0. The van der Waals surface area contributed by atoms with Gasteiger partial charge in [-0.05, 0) is 0 Å². The van der Waals surface area contributed by atoms with Crippen LogP contribution in [-0.4, -0.2) is 16.3 Å². The molecule has 0 bridgehead atoms. The van der Waals surface area contributed by atoms with Crippen molar-refractivity contribution in [3.05, 3.63) is 0 Å². The molecule has 104 valence electrons. The Morgan fingerprint density at radius 3 is 1.59 bits per heavy atom. The van der Waals surface area contributed by atoms with Crippen LogP contribution in [0, 0.1) is 5.92 Å². The van der Waals surface area contributed by atoms with Crippen LogP contribution in [0.15, 0.2) is 0 Å². The molecule has 0 heterocycles. The molecule has 0 aromatic carbocycles. The van der Waals surface area contributed by atoms with E-state index >= 15 is 0 Å². The van der Waals surface area contributed by atoms with Crippen LogP contribution in [0.2, 0.25) is 5.28 Å². The van der Waals surface area contributed by atoms with Gasteiger partial charge in [0.15, 0.2) is 0 Å². The van der Waals surface area contributed by atoms with E-state index in [2.05, 4.69) is 13.8 Å². The fourth-order valence-electron chi connectivity index (χ4n) is 2.63. The van der Waals surface area contributed by atoms with Crippen LogP contribution in [0.5, 0.6) is 0 Å². The lowest BCUT2D eigenvalue weighted by Gasteiger charge is -2.14. The van der Waals surface area contributed by atoms with E-state index < -0.39 is 0 Å². The second kappa shape index (κ2) is 14.6. The quantitative estimate of drug-likeness (QED) is 0.296. The molecule has 0 fully saturated rings. The smallest absolute Gasteiger partial charge is 0.0985 e. The third-order valence-electron chi connectivity index (χ3n) is 4.01. The Kier molecular flexibility index (Phi) is 15.1. The van der Waals surface area contributed by atoms with Crippen LogP contribution < -0.4 is 0 Å². The van der Waals surface area contributed by atoms with E-state index in [1.54, 1.807) is 5.28 Å².